The molecule has 2 nitrogen and oxygen atoms in total. The van der Waals surface area contributed by atoms with E-state index in [1.807, 2.05) is 0 Å². The molecule has 2 unspecified atom stereocenters. The van der Waals surface area contributed by atoms with Gasteiger partial charge in [0.25, 0.3) is 0 Å². The Morgan fingerprint density at radius 3 is 2.69 bits per heavy atom. The van der Waals surface area contributed by atoms with Crippen LogP contribution in [-0.2, 0) is 4.79 Å². The Balaban J connectivity index is 2.13. The van der Waals surface area contributed by atoms with Gasteiger partial charge in [0.15, 0.2) is 0 Å². The zero-order valence-corrected chi connectivity index (χ0v) is 11.3. The highest BCUT2D eigenvalue weighted by molar-refractivity contribution is 6.18. The molecule has 1 saturated carbocycles. The predicted molar refractivity (Wildman–Crippen MR) is 66.6 cm³/mol. The number of likely N-dealkylation sites (tertiary alicyclic amines) is 1. The van der Waals surface area contributed by atoms with E-state index >= 15 is 0 Å². The molecular formula is C13H22ClNO. The van der Waals surface area contributed by atoms with Crippen molar-refractivity contribution in [1.82, 2.24) is 4.90 Å². The summed E-state index contributed by atoms with van der Waals surface area (Å²) in [5, 5.41) is 0. The van der Waals surface area contributed by atoms with Gasteiger partial charge in [-0.15, -0.1) is 11.6 Å². The van der Waals surface area contributed by atoms with Gasteiger partial charge >= 0.3 is 0 Å². The lowest BCUT2D eigenvalue weighted by molar-refractivity contribution is -0.131. The van der Waals surface area contributed by atoms with Crippen molar-refractivity contribution in [2.45, 2.75) is 52.5 Å². The molecule has 2 rings (SSSR count). The maximum atomic E-state index is 12.0. The minimum atomic E-state index is 0.251. The summed E-state index contributed by atoms with van der Waals surface area (Å²) in [6.45, 7) is 7.92. The normalized spacial score (nSPS) is 36.5. The Morgan fingerprint density at radius 1 is 1.38 bits per heavy atom. The van der Waals surface area contributed by atoms with E-state index in [1.165, 1.54) is 12.8 Å². The maximum absolute atomic E-state index is 12.0. The summed E-state index contributed by atoms with van der Waals surface area (Å²) in [4.78, 5) is 14.1. The second-order valence-corrected chi connectivity index (χ2v) is 7.05. The number of amides is 1. The zero-order chi connectivity index (χ0) is 12.0. The van der Waals surface area contributed by atoms with Gasteiger partial charge in [0.05, 0.1) is 0 Å². The number of hydrogen-bond acceptors (Lipinski definition) is 1. The molecule has 92 valence electrons. The number of fused-ring (bicyclic) bond motifs is 2. The van der Waals surface area contributed by atoms with Crippen molar-refractivity contribution in [2.24, 2.45) is 10.8 Å². The topological polar surface area (TPSA) is 20.3 Å². The van der Waals surface area contributed by atoms with Gasteiger partial charge in [-0.3, -0.25) is 4.79 Å². The number of nitrogens with zero attached hydrogens (tertiary/aromatic N) is 1. The molecule has 1 heterocycles. The Kier molecular flexibility index (Phi) is 2.98. The molecule has 1 amide bonds. The molecular weight excluding hydrogens is 222 g/mol. The summed E-state index contributed by atoms with van der Waals surface area (Å²) in [6.07, 6.45) is 4.07. The first-order valence-corrected chi connectivity index (χ1v) is 6.74. The first-order valence-electron chi connectivity index (χ1n) is 6.21. The van der Waals surface area contributed by atoms with Crippen molar-refractivity contribution >= 4 is 17.5 Å². The fourth-order valence-corrected chi connectivity index (χ4v) is 4.14. The van der Waals surface area contributed by atoms with Crippen LogP contribution in [0.25, 0.3) is 0 Å². The largest absolute Gasteiger partial charge is 0.339 e. The standard InChI is InChI=1S/C13H22ClNO/c1-12(2)6-10-7-13(3,8-12)9-15(10)11(16)4-5-14/h10H,4-9H2,1-3H3. The van der Waals surface area contributed by atoms with Crippen LogP contribution in [0.3, 0.4) is 0 Å². The monoisotopic (exact) mass is 243 g/mol. The smallest absolute Gasteiger partial charge is 0.224 e. The fraction of sp³-hybridized carbons (Fsp3) is 0.923. The third-order valence-electron chi connectivity index (χ3n) is 4.04. The second kappa shape index (κ2) is 3.90. The van der Waals surface area contributed by atoms with Crippen LogP contribution < -0.4 is 0 Å². The Bertz CT molecular complexity index is 302. The van der Waals surface area contributed by atoms with Gasteiger partial charge in [-0.05, 0) is 30.1 Å². The van der Waals surface area contributed by atoms with Crippen LogP contribution in [0.4, 0.5) is 0 Å². The van der Waals surface area contributed by atoms with Gasteiger partial charge < -0.3 is 4.90 Å². The number of alkyl halides is 1. The van der Waals surface area contributed by atoms with E-state index in [0.29, 0.717) is 29.2 Å². The summed E-state index contributed by atoms with van der Waals surface area (Å²) < 4.78 is 0. The molecule has 3 heteroatoms. The maximum Gasteiger partial charge on any atom is 0.224 e. The lowest BCUT2D eigenvalue weighted by Gasteiger charge is -2.39. The number of halogens is 1. The first kappa shape index (κ1) is 12.2. The van der Waals surface area contributed by atoms with Crippen molar-refractivity contribution in [2.75, 3.05) is 12.4 Å². The second-order valence-electron chi connectivity index (χ2n) is 6.67. The summed E-state index contributed by atoms with van der Waals surface area (Å²) in [5.41, 5.74) is 0.724. The molecule has 0 aromatic rings. The van der Waals surface area contributed by atoms with Crippen LogP contribution in [0.2, 0.25) is 0 Å². The summed E-state index contributed by atoms with van der Waals surface area (Å²) >= 11 is 5.66. The molecule has 1 aliphatic carbocycles. The average Bonchev–Trinajstić information content (AvgIpc) is 2.35. The molecule has 16 heavy (non-hydrogen) atoms. The molecule has 0 aromatic heterocycles. The average molecular weight is 244 g/mol. The Labute approximate surface area is 103 Å². The third kappa shape index (κ3) is 2.22. The first-order chi connectivity index (χ1) is 7.35. The van der Waals surface area contributed by atoms with E-state index < -0.39 is 0 Å². The van der Waals surface area contributed by atoms with Crippen LogP contribution in [0.15, 0.2) is 0 Å². The van der Waals surface area contributed by atoms with Gasteiger partial charge in [0.1, 0.15) is 0 Å². The van der Waals surface area contributed by atoms with Gasteiger partial charge in [-0.25, -0.2) is 0 Å². The van der Waals surface area contributed by atoms with Crippen molar-refractivity contribution in [3.63, 3.8) is 0 Å². The fourth-order valence-electron chi connectivity index (χ4n) is 3.98. The van der Waals surface area contributed by atoms with E-state index in [-0.39, 0.29) is 5.91 Å². The predicted octanol–water partition coefficient (Wildman–Crippen LogP) is 3.04. The molecule has 2 bridgehead atoms. The molecule has 2 atom stereocenters. The molecule has 2 aliphatic rings. The van der Waals surface area contributed by atoms with Crippen LogP contribution in [0, 0.1) is 10.8 Å². The third-order valence-corrected chi connectivity index (χ3v) is 4.23. The van der Waals surface area contributed by atoms with E-state index in [2.05, 4.69) is 25.7 Å². The zero-order valence-electron chi connectivity index (χ0n) is 10.6. The highest BCUT2D eigenvalue weighted by atomic mass is 35.5. The van der Waals surface area contributed by atoms with Crippen molar-refractivity contribution in [1.29, 1.82) is 0 Å². The minimum Gasteiger partial charge on any atom is -0.339 e. The molecule has 2 fully saturated rings. The molecule has 0 radical (unpaired) electrons. The van der Waals surface area contributed by atoms with Crippen LogP contribution in [0.1, 0.15) is 46.5 Å². The van der Waals surface area contributed by atoms with Crippen LogP contribution in [-0.4, -0.2) is 29.3 Å². The summed E-state index contributed by atoms with van der Waals surface area (Å²) in [5.74, 6) is 0.698. The van der Waals surface area contributed by atoms with Crippen LogP contribution >= 0.6 is 11.6 Å². The lowest BCUT2D eigenvalue weighted by atomic mass is 9.65. The minimum absolute atomic E-state index is 0.251. The van der Waals surface area contributed by atoms with E-state index in [9.17, 15) is 4.79 Å². The summed E-state index contributed by atoms with van der Waals surface area (Å²) in [7, 11) is 0. The lowest BCUT2D eigenvalue weighted by Crippen LogP contribution is -2.37. The van der Waals surface area contributed by atoms with E-state index in [0.717, 1.165) is 13.0 Å². The van der Waals surface area contributed by atoms with Crippen LogP contribution in [0.5, 0.6) is 0 Å². The van der Waals surface area contributed by atoms with Gasteiger partial charge in [0.2, 0.25) is 5.91 Å². The number of rotatable bonds is 2. The van der Waals surface area contributed by atoms with Crippen molar-refractivity contribution in [3.05, 3.63) is 0 Å². The highest BCUT2D eigenvalue weighted by Crippen LogP contribution is 2.52. The quantitative estimate of drug-likeness (QED) is 0.683. The Morgan fingerprint density at radius 2 is 2.06 bits per heavy atom. The number of carbonyl (C=O) groups excluding carboxylic acids is 1. The summed E-state index contributed by atoms with van der Waals surface area (Å²) in [6, 6.07) is 0.462. The molecule has 0 spiro atoms. The SMILES string of the molecule is CC1(C)CC2CC(C)(CN2C(=O)CCCl)C1. The molecule has 0 N–H and O–H groups in total. The van der Waals surface area contributed by atoms with Gasteiger partial charge in [0, 0.05) is 24.9 Å². The number of carbonyl (C=O) groups is 1. The molecule has 1 aliphatic heterocycles. The van der Waals surface area contributed by atoms with Crippen molar-refractivity contribution in [3.8, 4) is 0 Å². The molecule has 1 saturated heterocycles. The van der Waals surface area contributed by atoms with E-state index in [1.54, 1.807) is 0 Å². The Hall–Kier alpha value is -0.240. The number of hydrogen-bond donors (Lipinski definition) is 0. The van der Waals surface area contributed by atoms with Gasteiger partial charge in [-0.2, -0.15) is 0 Å². The highest BCUT2D eigenvalue weighted by Gasteiger charge is 2.50. The van der Waals surface area contributed by atoms with Crippen molar-refractivity contribution < 1.29 is 4.79 Å². The molecule has 0 aromatic carbocycles. The van der Waals surface area contributed by atoms with E-state index in [4.69, 9.17) is 11.6 Å². The van der Waals surface area contributed by atoms with Gasteiger partial charge in [-0.1, -0.05) is 20.8 Å².